The molecule has 15 heavy (non-hydrogen) atoms. The van der Waals surface area contributed by atoms with Crippen molar-refractivity contribution in [2.45, 2.75) is 21.3 Å². The van der Waals surface area contributed by atoms with Gasteiger partial charge in [-0.15, -0.1) is 0 Å². The molecule has 2 nitrogen and oxygen atoms in total. The van der Waals surface area contributed by atoms with Crippen LogP contribution in [0.5, 0.6) is 0 Å². The molecule has 1 heterocycles. The van der Waals surface area contributed by atoms with Crippen LogP contribution in [0, 0.1) is 17.4 Å². The van der Waals surface area contributed by atoms with Crippen LogP contribution in [0.3, 0.4) is 0 Å². The molecule has 1 aromatic carbocycles. The summed E-state index contributed by atoms with van der Waals surface area (Å²) in [6.45, 7) is 4.08. The highest BCUT2D eigenvalue weighted by atomic mass is 127. The molecule has 1 aromatic heterocycles. The van der Waals surface area contributed by atoms with Gasteiger partial charge in [0.25, 0.3) is 0 Å². The average Bonchev–Trinajstić information content (AvgIpc) is 2.45. The van der Waals surface area contributed by atoms with E-state index in [1.807, 2.05) is 17.7 Å². The normalized spacial score (nSPS) is 9.80. The lowest BCUT2D eigenvalue weighted by molar-refractivity contribution is 0.833. The first kappa shape index (κ1) is 12.2. The number of aryl methyl sites for hydroxylation is 2. The summed E-state index contributed by atoms with van der Waals surface area (Å²) in [5.74, 6) is 0. The number of aromatic nitrogens is 2. The summed E-state index contributed by atoms with van der Waals surface area (Å²) in [6, 6.07) is 10.4. The number of benzene rings is 1. The van der Waals surface area contributed by atoms with Gasteiger partial charge < -0.3 is 0 Å². The van der Waals surface area contributed by atoms with Crippen molar-refractivity contribution in [3.8, 4) is 5.69 Å². The predicted octanol–water partition coefficient (Wildman–Crippen LogP) is 3.73. The van der Waals surface area contributed by atoms with Crippen LogP contribution in [0.1, 0.15) is 18.8 Å². The van der Waals surface area contributed by atoms with Crippen LogP contribution in [-0.4, -0.2) is 9.78 Å². The third-order valence-electron chi connectivity index (χ3n) is 2.06. The number of hydrogen-bond acceptors (Lipinski definition) is 1. The Labute approximate surface area is 104 Å². The fourth-order valence-electron chi connectivity index (χ4n) is 1.50. The van der Waals surface area contributed by atoms with E-state index < -0.39 is 0 Å². The Bertz CT molecular complexity index is 460. The van der Waals surface area contributed by atoms with E-state index in [4.69, 9.17) is 0 Å². The quantitative estimate of drug-likeness (QED) is 0.734. The molecular formula is C12H15IN2. The Balaban J connectivity index is 0.00000112. The molecule has 0 aliphatic heterocycles. The van der Waals surface area contributed by atoms with Crippen molar-refractivity contribution >= 4 is 22.6 Å². The second-order valence-corrected chi connectivity index (χ2v) is 4.56. The van der Waals surface area contributed by atoms with E-state index in [1.165, 1.54) is 9.26 Å². The van der Waals surface area contributed by atoms with E-state index in [0.29, 0.717) is 0 Å². The van der Waals surface area contributed by atoms with Crippen LogP contribution < -0.4 is 0 Å². The topological polar surface area (TPSA) is 17.8 Å². The lowest BCUT2D eigenvalue weighted by atomic mass is 10.3. The molecule has 0 aliphatic carbocycles. The molecule has 0 radical (unpaired) electrons. The molecule has 0 amide bonds. The molecular weight excluding hydrogens is 299 g/mol. The van der Waals surface area contributed by atoms with Gasteiger partial charge >= 0.3 is 0 Å². The smallest absolute Gasteiger partial charge is 0.0659 e. The van der Waals surface area contributed by atoms with Gasteiger partial charge in [-0.3, -0.25) is 0 Å². The standard InChI is InChI=1S/C11H11IN2.CH4/c1-8-6-9(2)14(13-8)11-5-3-4-10(12)7-11;/h3-7H,1-2H3;1H4. The maximum absolute atomic E-state index is 4.43. The summed E-state index contributed by atoms with van der Waals surface area (Å²) in [7, 11) is 0. The summed E-state index contributed by atoms with van der Waals surface area (Å²) in [4.78, 5) is 0. The van der Waals surface area contributed by atoms with Crippen molar-refractivity contribution < 1.29 is 0 Å². The minimum absolute atomic E-state index is 0. The Morgan fingerprint density at radius 1 is 1.20 bits per heavy atom. The fraction of sp³-hybridized carbons (Fsp3) is 0.250. The van der Waals surface area contributed by atoms with E-state index in [-0.39, 0.29) is 7.43 Å². The fourth-order valence-corrected chi connectivity index (χ4v) is 2.02. The van der Waals surface area contributed by atoms with Crippen molar-refractivity contribution in [2.75, 3.05) is 0 Å². The third kappa shape index (κ3) is 2.59. The SMILES string of the molecule is C.Cc1cc(C)n(-c2cccc(I)c2)n1. The molecule has 0 spiro atoms. The van der Waals surface area contributed by atoms with Gasteiger partial charge in [-0.1, -0.05) is 13.5 Å². The van der Waals surface area contributed by atoms with Gasteiger partial charge in [0.2, 0.25) is 0 Å². The monoisotopic (exact) mass is 314 g/mol. The number of halogens is 1. The van der Waals surface area contributed by atoms with E-state index >= 15 is 0 Å². The Hall–Kier alpha value is -0.840. The molecule has 0 saturated heterocycles. The Morgan fingerprint density at radius 2 is 1.93 bits per heavy atom. The summed E-state index contributed by atoms with van der Waals surface area (Å²) in [5.41, 5.74) is 3.35. The lowest BCUT2D eigenvalue weighted by Crippen LogP contribution is -1.98. The molecule has 3 heteroatoms. The van der Waals surface area contributed by atoms with E-state index in [9.17, 15) is 0 Å². The largest absolute Gasteiger partial charge is 0.238 e. The van der Waals surface area contributed by atoms with Crippen molar-refractivity contribution in [3.05, 3.63) is 45.3 Å². The second-order valence-electron chi connectivity index (χ2n) is 3.32. The summed E-state index contributed by atoms with van der Waals surface area (Å²) in [5, 5.41) is 4.43. The molecule has 0 aliphatic rings. The van der Waals surface area contributed by atoms with E-state index in [2.05, 4.69) is 58.9 Å². The zero-order valence-corrected chi connectivity index (χ0v) is 10.3. The van der Waals surface area contributed by atoms with Crippen molar-refractivity contribution in [1.82, 2.24) is 9.78 Å². The zero-order chi connectivity index (χ0) is 10.1. The lowest BCUT2D eigenvalue weighted by Gasteiger charge is -2.03. The molecule has 0 fully saturated rings. The molecule has 0 bridgehead atoms. The van der Waals surface area contributed by atoms with Crippen LogP contribution in [-0.2, 0) is 0 Å². The summed E-state index contributed by atoms with van der Waals surface area (Å²) >= 11 is 2.31. The molecule has 0 unspecified atom stereocenters. The van der Waals surface area contributed by atoms with Crippen molar-refractivity contribution in [1.29, 1.82) is 0 Å². The first-order valence-electron chi connectivity index (χ1n) is 4.46. The first-order chi connectivity index (χ1) is 6.66. The number of hydrogen-bond donors (Lipinski definition) is 0. The minimum atomic E-state index is 0. The summed E-state index contributed by atoms with van der Waals surface area (Å²) in [6.07, 6.45) is 0. The number of nitrogens with zero attached hydrogens (tertiary/aromatic N) is 2. The van der Waals surface area contributed by atoms with Crippen LogP contribution in [0.15, 0.2) is 30.3 Å². The van der Waals surface area contributed by atoms with Crippen molar-refractivity contribution in [2.24, 2.45) is 0 Å². The maximum atomic E-state index is 4.43. The highest BCUT2D eigenvalue weighted by molar-refractivity contribution is 14.1. The summed E-state index contributed by atoms with van der Waals surface area (Å²) < 4.78 is 3.20. The maximum Gasteiger partial charge on any atom is 0.0659 e. The Morgan fingerprint density at radius 3 is 2.47 bits per heavy atom. The van der Waals surface area contributed by atoms with Crippen LogP contribution in [0.4, 0.5) is 0 Å². The first-order valence-corrected chi connectivity index (χ1v) is 5.54. The van der Waals surface area contributed by atoms with Gasteiger partial charge in [-0.05, 0) is 60.7 Å². The van der Waals surface area contributed by atoms with Crippen LogP contribution in [0.2, 0.25) is 0 Å². The highest BCUT2D eigenvalue weighted by Gasteiger charge is 2.02. The van der Waals surface area contributed by atoms with Crippen molar-refractivity contribution in [3.63, 3.8) is 0 Å². The van der Waals surface area contributed by atoms with Gasteiger partial charge in [0, 0.05) is 9.26 Å². The predicted molar refractivity (Wildman–Crippen MR) is 72.5 cm³/mol. The Kier molecular flexibility index (Phi) is 3.90. The zero-order valence-electron chi connectivity index (χ0n) is 8.16. The van der Waals surface area contributed by atoms with Gasteiger partial charge in [-0.25, -0.2) is 4.68 Å². The van der Waals surface area contributed by atoms with Gasteiger partial charge in [0.1, 0.15) is 0 Å². The molecule has 2 rings (SSSR count). The molecule has 80 valence electrons. The van der Waals surface area contributed by atoms with Gasteiger partial charge in [0.05, 0.1) is 11.4 Å². The second kappa shape index (κ2) is 4.79. The van der Waals surface area contributed by atoms with Crippen LogP contribution >= 0.6 is 22.6 Å². The van der Waals surface area contributed by atoms with Gasteiger partial charge in [0.15, 0.2) is 0 Å². The van der Waals surface area contributed by atoms with E-state index in [0.717, 1.165) is 11.4 Å². The number of rotatable bonds is 1. The molecule has 0 atom stereocenters. The van der Waals surface area contributed by atoms with Crippen LogP contribution in [0.25, 0.3) is 5.69 Å². The minimum Gasteiger partial charge on any atom is -0.238 e. The highest BCUT2D eigenvalue weighted by Crippen LogP contribution is 2.14. The third-order valence-corrected chi connectivity index (χ3v) is 2.73. The molecule has 2 aromatic rings. The van der Waals surface area contributed by atoms with Gasteiger partial charge in [-0.2, -0.15) is 5.10 Å². The van der Waals surface area contributed by atoms with E-state index in [1.54, 1.807) is 0 Å². The average molecular weight is 314 g/mol. The molecule has 0 saturated carbocycles. The molecule has 0 N–H and O–H groups in total.